The van der Waals surface area contributed by atoms with Crippen LogP contribution in [0.5, 0.6) is 11.5 Å². The number of carbonyl (C=O) groups excluding carboxylic acids is 2. The van der Waals surface area contributed by atoms with Gasteiger partial charge in [0.15, 0.2) is 18.1 Å². The highest BCUT2D eigenvalue weighted by atomic mass is 16.5. The monoisotopic (exact) mass is 397 g/mol. The highest BCUT2D eigenvalue weighted by Gasteiger charge is 2.24. The van der Waals surface area contributed by atoms with Crippen LogP contribution < -0.4 is 25.8 Å². The van der Waals surface area contributed by atoms with Gasteiger partial charge in [0, 0.05) is 23.8 Å². The predicted octanol–water partition coefficient (Wildman–Crippen LogP) is 2.63. The first-order valence-corrected chi connectivity index (χ1v) is 9.69. The maximum absolute atomic E-state index is 12.7. The molecule has 1 aliphatic rings. The van der Waals surface area contributed by atoms with Crippen LogP contribution in [0, 0.1) is 5.92 Å². The molecule has 1 aliphatic carbocycles. The Hall–Kier alpha value is -3.06. The number of carbonyl (C=O) groups is 2. The summed E-state index contributed by atoms with van der Waals surface area (Å²) in [6, 6.07) is 14.4. The number of ether oxygens (including phenoxy) is 2. The van der Waals surface area contributed by atoms with E-state index in [-0.39, 0.29) is 24.5 Å². The summed E-state index contributed by atoms with van der Waals surface area (Å²) in [5, 5.41) is 5.72. The number of rotatable bonds is 9. The van der Waals surface area contributed by atoms with Crippen LogP contribution in [-0.2, 0) is 9.59 Å². The Balaban J connectivity index is 1.63. The lowest BCUT2D eigenvalue weighted by Crippen LogP contribution is -2.31. The van der Waals surface area contributed by atoms with Crippen LogP contribution in [-0.4, -0.2) is 31.6 Å². The standard InChI is InChI=1S/C22H27N3O4/c1-14(21(23)15-6-4-3-5-7-15)22(27)25-17-10-11-18(28-2)19(12-17)29-13-20(26)24-16-8-9-16/h3-7,10-12,14,16,21H,8-9,13,23H2,1-2H3,(H,24,26)(H,25,27). The molecule has 29 heavy (non-hydrogen) atoms. The van der Waals surface area contributed by atoms with Crippen molar-refractivity contribution in [3.63, 3.8) is 0 Å². The number of methoxy groups -OCH3 is 1. The lowest BCUT2D eigenvalue weighted by molar-refractivity contribution is -0.123. The third-order valence-electron chi connectivity index (χ3n) is 4.87. The molecular formula is C22H27N3O4. The van der Waals surface area contributed by atoms with Gasteiger partial charge in [-0.05, 0) is 30.5 Å². The minimum atomic E-state index is -0.437. The summed E-state index contributed by atoms with van der Waals surface area (Å²) in [6.45, 7) is 1.68. The molecule has 0 heterocycles. The molecule has 0 aromatic heterocycles. The van der Waals surface area contributed by atoms with E-state index in [1.807, 2.05) is 30.3 Å². The summed E-state index contributed by atoms with van der Waals surface area (Å²) >= 11 is 0. The molecule has 7 nitrogen and oxygen atoms in total. The van der Waals surface area contributed by atoms with Crippen molar-refractivity contribution in [2.75, 3.05) is 19.0 Å². The number of anilines is 1. The third-order valence-corrected chi connectivity index (χ3v) is 4.87. The van der Waals surface area contributed by atoms with Crippen molar-refractivity contribution in [1.82, 2.24) is 5.32 Å². The van der Waals surface area contributed by atoms with E-state index in [0.717, 1.165) is 18.4 Å². The van der Waals surface area contributed by atoms with E-state index in [9.17, 15) is 9.59 Å². The first-order valence-electron chi connectivity index (χ1n) is 9.69. The Morgan fingerprint density at radius 2 is 1.86 bits per heavy atom. The number of hydrogen-bond acceptors (Lipinski definition) is 5. The van der Waals surface area contributed by atoms with E-state index < -0.39 is 12.0 Å². The van der Waals surface area contributed by atoms with Gasteiger partial charge in [-0.2, -0.15) is 0 Å². The summed E-state index contributed by atoms with van der Waals surface area (Å²) in [6.07, 6.45) is 2.03. The zero-order valence-electron chi connectivity index (χ0n) is 16.7. The molecule has 1 fully saturated rings. The zero-order chi connectivity index (χ0) is 20.8. The van der Waals surface area contributed by atoms with E-state index in [4.69, 9.17) is 15.2 Å². The predicted molar refractivity (Wildman–Crippen MR) is 111 cm³/mol. The van der Waals surface area contributed by atoms with Gasteiger partial charge in [0.25, 0.3) is 5.91 Å². The number of amides is 2. The van der Waals surface area contributed by atoms with E-state index in [0.29, 0.717) is 17.2 Å². The van der Waals surface area contributed by atoms with E-state index in [2.05, 4.69) is 10.6 Å². The van der Waals surface area contributed by atoms with Crippen LogP contribution in [0.2, 0.25) is 0 Å². The smallest absolute Gasteiger partial charge is 0.258 e. The second-order valence-corrected chi connectivity index (χ2v) is 7.21. The molecule has 7 heteroatoms. The third kappa shape index (κ3) is 5.71. The molecule has 2 aromatic carbocycles. The largest absolute Gasteiger partial charge is 0.493 e. The fraction of sp³-hybridized carbons (Fsp3) is 0.364. The summed E-state index contributed by atoms with van der Waals surface area (Å²) in [5.41, 5.74) is 7.69. The molecule has 3 rings (SSSR count). The number of nitrogens with one attached hydrogen (secondary N) is 2. The normalized spacial score (nSPS) is 15.1. The number of benzene rings is 2. The van der Waals surface area contributed by atoms with Gasteiger partial charge in [0.1, 0.15) is 0 Å². The summed E-state index contributed by atoms with van der Waals surface area (Å²) in [5.74, 6) is 0.0519. The van der Waals surface area contributed by atoms with Gasteiger partial charge in [-0.1, -0.05) is 37.3 Å². The topological polar surface area (TPSA) is 103 Å². The Morgan fingerprint density at radius 1 is 1.14 bits per heavy atom. The van der Waals surface area contributed by atoms with E-state index in [1.54, 1.807) is 25.1 Å². The molecule has 0 radical (unpaired) electrons. The van der Waals surface area contributed by atoms with Gasteiger partial charge in [-0.15, -0.1) is 0 Å². The fourth-order valence-corrected chi connectivity index (χ4v) is 2.89. The molecule has 0 bridgehead atoms. The molecule has 154 valence electrons. The molecule has 2 unspecified atom stereocenters. The van der Waals surface area contributed by atoms with Crippen LogP contribution >= 0.6 is 0 Å². The first-order chi connectivity index (χ1) is 14.0. The summed E-state index contributed by atoms with van der Waals surface area (Å²) < 4.78 is 10.9. The van der Waals surface area contributed by atoms with Crippen LogP contribution in [0.3, 0.4) is 0 Å². The van der Waals surface area contributed by atoms with Crippen molar-refractivity contribution in [3.05, 3.63) is 54.1 Å². The molecule has 0 spiro atoms. The Morgan fingerprint density at radius 3 is 2.52 bits per heavy atom. The first kappa shape index (κ1) is 20.7. The van der Waals surface area contributed by atoms with Gasteiger partial charge in [0.2, 0.25) is 5.91 Å². The van der Waals surface area contributed by atoms with Crippen molar-refractivity contribution in [3.8, 4) is 11.5 Å². The van der Waals surface area contributed by atoms with Crippen LogP contribution in [0.4, 0.5) is 5.69 Å². The van der Waals surface area contributed by atoms with Gasteiger partial charge >= 0.3 is 0 Å². The molecule has 2 amide bonds. The summed E-state index contributed by atoms with van der Waals surface area (Å²) in [4.78, 5) is 24.5. The number of nitrogens with two attached hydrogens (primary N) is 1. The Bertz CT molecular complexity index is 852. The van der Waals surface area contributed by atoms with Crippen LogP contribution in [0.15, 0.2) is 48.5 Å². The van der Waals surface area contributed by atoms with Crippen molar-refractivity contribution in [1.29, 1.82) is 0 Å². The maximum atomic E-state index is 12.7. The second kappa shape index (κ2) is 9.43. The molecule has 0 saturated heterocycles. The minimum Gasteiger partial charge on any atom is -0.493 e. The van der Waals surface area contributed by atoms with Crippen molar-refractivity contribution in [2.24, 2.45) is 11.7 Å². The minimum absolute atomic E-state index is 0.112. The fourth-order valence-electron chi connectivity index (χ4n) is 2.89. The van der Waals surface area contributed by atoms with E-state index in [1.165, 1.54) is 7.11 Å². The quantitative estimate of drug-likeness (QED) is 0.604. The average molecular weight is 397 g/mol. The SMILES string of the molecule is COc1ccc(NC(=O)C(C)C(N)c2ccccc2)cc1OCC(=O)NC1CC1. The van der Waals surface area contributed by atoms with Gasteiger partial charge in [-0.25, -0.2) is 0 Å². The van der Waals surface area contributed by atoms with Crippen molar-refractivity contribution < 1.29 is 19.1 Å². The highest BCUT2D eigenvalue weighted by molar-refractivity contribution is 5.93. The van der Waals surface area contributed by atoms with Crippen LogP contribution in [0.1, 0.15) is 31.4 Å². The van der Waals surface area contributed by atoms with Gasteiger partial charge in [0.05, 0.1) is 13.0 Å². The summed E-state index contributed by atoms with van der Waals surface area (Å²) in [7, 11) is 1.52. The van der Waals surface area contributed by atoms with Gasteiger partial charge < -0.3 is 25.8 Å². The zero-order valence-corrected chi connectivity index (χ0v) is 16.7. The molecule has 2 atom stereocenters. The lowest BCUT2D eigenvalue weighted by atomic mass is 9.94. The van der Waals surface area contributed by atoms with Crippen molar-refractivity contribution in [2.45, 2.75) is 31.8 Å². The molecule has 4 N–H and O–H groups in total. The van der Waals surface area contributed by atoms with Crippen LogP contribution in [0.25, 0.3) is 0 Å². The Kier molecular flexibility index (Phi) is 6.72. The Labute approximate surface area is 170 Å². The average Bonchev–Trinajstić information content (AvgIpc) is 3.55. The second-order valence-electron chi connectivity index (χ2n) is 7.21. The van der Waals surface area contributed by atoms with Crippen molar-refractivity contribution >= 4 is 17.5 Å². The molecular weight excluding hydrogens is 370 g/mol. The molecule has 2 aromatic rings. The molecule has 0 aliphatic heterocycles. The highest BCUT2D eigenvalue weighted by Crippen LogP contribution is 2.31. The maximum Gasteiger partial charge on any atom is 0.258 e. The molecule has 1 saturated carbocycles. The number of hydrogen-bond donors (Lipinski definition) is 3. The van der Waals surface area contributed by atoms with E-state index >= 15 is 0 Å². The lowest BCUT2D eigenvalue weighted by Gasteiger charge is -2.20. The van der Waals surface area contributed by atoms with Gasteiger partial charge in [-0.3, -0.25) is 9.59 Å².